The molecule has 3 rings (SSSR count). The molecule has 0 aromatic rings. The van der Waals surface area contributed by atoms with Crippen molar-refractivity contribution in [1.29, 1.82) is 15.8 Å². The predicted molar refractivity (Wildman–Crippen MR) is 88.7 cm³/mol. The van der Waals surface area contributed by atoms with Crippen molar-refractivity contribution in [2.45, 2.75) is 12.8 Å². The minimum Gasteiger partial charge on any atom is -0.399 e. The summed E-state index contributed by atoms with van der Waals surface area (Å²) in [7, 11) is 4.09. The van der Waals surface area contributed by atoms with E-state index in [1.165, 1.54) is 0 Å². The average Bonchev–Trinajstić information content (AvgIpc) is 2.59. The summed E-state index contributed by atoms with van der Waals surface area (Å²) in [5.74, 6) is -0.00815. The maximum atomic E-state index is 10.0. The Labute approximate surface area is 143 Å². The molecule has 1 spiro atoms. The molecule has 1 fully saturated rings. The molecule has 0 unspecified atom stereocenters. The minimum atomic E-state index is -1.43. The van der Waals surface area contributed by atoms with Crippen molar-refractivity contribution in [2.24, 2.45) is 22.5 Å². The van der Waals surface area contributed by atoms with Crippen LogP contribution in [0.3, 0.4) is 0 Å². The molecule has 3 aliphatic rings. The van der Waals surface area contributed by atoms with E-state index in [1.807, 2.05) is 7.05 Å². The maximum absolute atomic E-state index is 10.0. The molecule has 6 nitrogen and oxygen atoms in total. The van der Waals surface area contributed by atoms with E-state index in [0.29, 0.717) is 5.57 Å². The van der Waals surface area contributed by atoms with Crippen molar-refractivity contribution < 1.29 is 0 Å². The summed E-state index contributed by atoms with van der Waals surface area (Å²) in [6.45, 7) is 3.16. The number of hydrogen-bond acceptors (Lipinski definition) is 6. The first kappa shape index (κ1) is 16.5. The van der Waals surface area contributed by atoms with E-state index >= 15 is 0 Å². The number of piperidine rings is 1. The van der Waals surface area contributed by atoms with Crippen molar-refractivity contribution in [2.75, 3.05) is 40.3 Å². The van der Waals surface area contributed by atoms with Gasteiger partial charge in [-0.2, -0.15) is 15.8 Å². The van der Waals surface area contributed by atoms with E-state index < -0.39 is 10.8 Å². The Hall–Kier alpha value is -2.33. The Morgan fingerprint density at radius 1 is 1.12 bits per heavy atom. The zero-order valence-electron chi connectivity index (χ0n) is 14.2. The summed E-state index contributed by atoms with van der Waals surface area (Å²) in [6.07, 6.45) is 3.53. The number of likely N-dealkylation sites (tertiary alicyclic amines) is 1. The van der Waals surface area contributed by atoms with Crippen LogP contribution in [-0.4, -0.2) is 50.1 Å². The first-order valence-electron chi connectivity index (χ1n) is 8.26. The lowest BCUT2D eigenvalue weighted by Crippen LogP contribution is -2.59. The number of nitriles is 3. The van der Waals surface area contributed by atoms with E-state index in [4.69, 9.17) is 5.73 Å². The number of likely N-dealkylation sites (N-methyl/N-ethyl adjacent to an activating group) is 1. The molecule has 0 bridgehead atoms. The molecule has 6 heteroatoms. The summed E-state index contributed by atoms with van der Waals surface area (Å²) < 4.78 is 0. The second-order valence-corrected chi connectivity index (χ2v) is 7.27. The van der Waals surface area contributed by atoms with Crippen molar-refractivity contribution in [3.63, 3.8) is 0 Å². The fourth-order valence-corrected chi connectivity index (χ4v) is 4.74. The third-order valence-corrected chi connectivity index (χ3v) is 6.19. The maximum Gasteiger partial charge on any atom is 0.190 e. The standard InChI is InChI=1S/C18H22N6/c1-23-7-4-17(5-8-23)15-10-24(2)6-3-13(15)14(9-19)16(22)18(17,11-20)12-21/h3,15H,4-8,10,22H2,1-2H3/t15-/m1/s1. The number of hydrogen-bond donors (Lipinski definition) is 1. The van der Waals surface area contributed by atoms with Gasteiger partial charge in [0.25, 0.3) is 0 Å². The van der Waals surface area contributed by atoms with Crippen LogP contribution in [0.5, 0.6) is 0 Å². The molecule has 2 heterocycles. The Morgan fingerprint density at radius 2 is 1.75 bits per heavy atom. The van der Waals surface area contributed by atoms with Crippen molar-refractivity contribution in [3.8, 4) is 18.2 Å². The number of nitrogens with zero attached hydrogens (tertiary/aromatic N) is 5. The first-order chi connectivity index (χ1) is 11.5. The van der Waals surface area contributed by atoms with Gasteiger partial charge in [0.15, 0.2) is 5.41 Å². The molecular formula is C18H22N6. The van der Waals surface area contributed by atoms with Crippen LogP contribution in [0, 0.1) is 50.7 Å². The third-order valence-electron chi connectivity index (χ3n) is 6.19. The van der Waals surface area contributed by atoms with Gasteiger partial charge >= 0.3 is 0 Å². The smallest absolute Gasteiger partial charge is 0.190 e. The molecule has 0 amide bonds. The van der Waals surface area contributed by atoms with Gasteiger partial charge in [0, 0.05) is 24.4 Å². The van der Waals surface area contributed by atoms with Crippen LogP contribution in [0.25, 0.3) is 0 Å². The van der Waals surface area contributed by atoms with Crippen LogP contribution in [0.1, 0.15) is 12.8 Å². The minimum absolute atomic E-state index is 0.00815. The average molecular weight is 322 g/mol. The van der Waals surface area contributed by atoms with Crippen LogP contribution >= 0.6 is 0 Å². The number of allylic oxidation sites excluding steroid dienone is 2. The van der Waals surface area contributed by atoms with Gasteiger partial charge in [-0.3, -0.25) is 0 Å². The highest BCUT2D eigenvalue weighted by molar-refractivity contribution is 5.58. The summed E-state index contributed by atoms with van der Waals surface area (Å²) >= 11 is 0. The Kier molecular flexibility index (Phi) is 3.88. The third kappa shape index (κ3) is 1.93. The van der Waals surface area contributed by atoms with Gasteiger partial charge in [-0.15, -0.1) is 0 Å². The molecule has 2 aliphatic heterocycles. The highest BCUT2D eigenvalue weighted by atomic mass is 15.1. The van der Waals surface area contributed by atoms with Crippen LogP contribution in [0.15, 0.2) is 22.9 Å². The monoisotopic (exact) mass is 322 g/mol. The van der Waals surface area contributed by atoms with Crippen molar-refractivity contribution in [3.05, 3.63) is 22.9 Å². The van der Waals surface area contributed by atoms with Gasteiger partial charge < -0.3 is 15.5 Å². The largest absolute Gasteiger partial charge is 0.399 e. The molecule has 0 aromatic heterocycles. The molecule has 0 radical (unpaired) electrons. The highest BCUT2D eigenvalue weighted by Gasteiger charge is 2.63. The second kappa shape index (κ2) is 5.64. The first-order valence-corrected chi connectivity index (χ1v) is 8.26. The van der Waals surface area contributed by atoms with Crippen molar-refractivity contribution >= 4 is 0 Å². The summed E-state index contributed by atoms with van der Waals surface area (Å²) in [6, 6.07) is 6.67. The van der Waals surface area contributed by atoms with Gasteiger partial charge in [-0.1, -0.05) is 6.08 Å². The topological polar surface area (TPSA) is 104 Å². The van der Waals surface area contributed by atoms with Crippen LogP contribution in [0.2, 0.25) is 0 Å². The number of fused-ring (bicyclic) bond motifs is 2. The van der Waals surface area contributed by atoms with Gasteiger partial charge in [-0.25, -0.2) is 0 Å². The molecule has 124 valence electrons. The van der Waals surface area contributed by atoms with Crippen LogP contribution in [-0.2, 0) is 0 Å². The van der Waals surface area contributed by atoms with E-state index in [0.717, 1.165) is 44.6 Å². The SMILES string of the molecule is CN1CCC2(CC1)[C@@H]1CN(C)CC=C1C(C#N)=C(N)C2(C#N)C#N. The molecule has 1 saturated heterocycles. The summed E-state index contributed by atoms with van der Waals surface area (Å²) in [5.41, 5.74) is 5.80. The summed E-state index contributed by atoms with van der Waals surface area (Å²) in [4.78, 5) is 4.41. The quantitative estimate of drug-likeness (QED) is 0.712. The zero-order valence-corrected chi connectivity index (χ0v) is 14.2. The molecule has 0 saturated carbocycles. The molecule has 24 heavy (non-hydrogen) atoms. The van der Waals surface area contributed by atoms with E-state index in [1.54, 1.807) is 0 Å². The van der Waals surface area contributed by atoms with Gasteiger partial charge in [0.05, 0.1) is 23.4 Å². The number of rotatable bonds is 0. The Bertz CT molecular complexity index is 719. The van der Waals surface area contributed by atoms with Gasteiger partial charge in [0.1, 0.15) is 6.07 Å². The molecule has 1 atom stereocenters. The highest BCUT2D eigenvalue weighted by Crippen LogP contribution is 2.61. The normalized spacial score (nSPS) is 29.1. The number of nitrogens with two attached hydrogens (primary N) is 1. The van der Waals surface area contributed by atoms with Crippen LogP contribution < -0.4 is 5.73 Å². The lowest BCUT2D eigenvalue weighted by Gasteiger charge is -2.56. The van der Waals surface area contributed by atoms with Gasteiger partial charge in [0.2, 0.25) is 0 Å². The fraction of sp³-hybridized carbons (Fsp3) is 0.611. The molecule has 0 aromatic carbocycles. The lowest BCUT2D eigenvalue weighted by atomic mass is 9.47. The van der Waals surface area contributed by atoms with Crippen molar-refractivity contribution in [1.82, 2.24) is 9.80 Å². The van der Waals surface area contributed by atoms with Gasteiger partial charge in [-0.05, 0) is 45.6 Å². The summed E-state index contributed by atoms with van der Waals surface area (Å²) in [5, 5.41) is 29.7. The Balaban J connectivity index is 2.30. The van der Waals surface area contributed by atoms with E-state index in [2.05, 4.69) is 41.1 Å². The Morgan fingerprint density at radius 3 is 2.29 bits per heavy atom. The molecule has 2 N–H and O–H groups in total. The predicted octanol–water partition coefficient (Wildman–Crippen LogP) is 0.970. The van der Waals surface area contributed by atoms with Crippen LogP contribution in [0.4, 0.5) is 0 Å². The molecular weight excluding hydrogens is 300 g/mol. The van der Waals surface area contributed by atoms with E-state index in [9.17, 15) is 15.8 Å². The molecule has 1 aliphatic carbocycles. The zero-order chi connectivity index (χ0) is 17.5. The lowest BCUT2D eigenvalue weighted by molar-refractivity contribution is -0.00138. The second-order valence-electron chi connectivity index (χ2n) is 7.27. The van der Waals surface area contributed by atoms with E-state index in [-0.39, 0.29) is 11.6 Å². The fourth-order valence-electron chi connectivity index (χ4n) is 4.74.